The Hall–Kier alpha value is -10.8. The number of carbonyl (C=O) groups excluding carboxylic acids is 4. The number of rotatable bonds is 12. The van der Waals surface area contributed by atoms with Crippen LogP contribution < -0.4 is 21.5 Å². The fraction of sp³-hybridized carbons (Fsp3) is 0.229. The van der Waals surface area contributed by atoms with Crippen LogP contribution in [0.15, 0.2) is 193 Å². The summed E-state index contributed by atoms with van der Waals surface area (Å²) in [5.74, 6) is 0.453. The van der Waals surface area contributed by atoms with E-state index in [1.165, 1.54) is 56.9 Å². The number of hydrogen-bond acceptors (Lipinski definition) is 13. The van der Waals surface area contributed by atoms with Crippen LogP contribution >= 0.6 is 0 Å². The molecule has 4 heterocycles. The van der Waals surface area contributed by atoms with E-state index in [2.05, 4.69) is 119 Å². The number of aromatic nitrogens is 8. The van der Waals surface area contributed by atoms with Gasteiger partial charge in [-0.05, 0) is 106 Å². The van der Waals surface area contributed by atoms with Gasteiger partial charge in [0.15, 0.2) is 33.9 Å². The first kappa shape index (κ1) is 58.6. The molecule has 0 aliphatic heterocycles. The smallest absolute Gasteiger partial charge is 0.414 e. The molecular formula is C70H65N11O8. The maximum absolute atomic E-state index is 12.5. The van der Waals surface area contributed by atoms with Gasteiger partial charge in [0, 0.05) is 47.5 Å². The van der Waals surface area contributed by atoms with Gasteiger partial charge in [-0.2, -0.15) is 4.98 Å². The van der Waals surface area contributed by atoms with Crippen LogP contribution in [0.4, 0.5) is 26.1 Å². The number of benzene rings is 6. The molecule has 14 rings (SSSR count). The van der Waals surface area contributed by atoms with Crippen LogP contribution in [0.2, 0.25) is 0 Å². The Morgan fingerprint density at radius 3 is 1.30 bits per heavy atom. The first-order valence-corrected chi connectivity index (χ1v) is 29.6. The number of anilines is 2. The number of imidazole rings is 2. The zero-order valence-corrected chi connectivity index (χ0v) is 49.9. The number of hydrogen-bond donors (Lipinski definition) is 4. The average Bonchev–Trinajstić information content (AvgIpc) is 1.83. The van der Waals surface area contributed by atoms with Crippen LogP contribution in [-0.2, 0) is 19.0 Å². The Morgan fingerprint density at radius 1 is 0.494 bits per heavy atom. The number of carbonyl (C=O) groups is 4. The number of allylic oxidation sites excluding steroid dienone is 3. The van der Waals surface area contributed by atoms with E-state index in [0.29, 0.717) is 28.3 Å². The number of amides is 3. The lowest BCUT2D eigenvalue weighted by atomic mass is 9.88. The highest BCUT2D eigenvalue weighted by molar-refractivity contribution is 5.96. The third-order valence-corrected chi connectivity index (χ3v) is 16.4. The SMILES string of the molecule is CC(C)C1C=CC(NC(=O)OCC2c3ccccc3-c3ccccc32)=CC1=O.CC(C)n1cnc2c(=O)[nH]c(NC(=O)OCC3c4ccccc4-c4ccccc43)nc21.CC(C)n1cnc2c(NC(=O)OCC3c4ccccc4-c4ccccc43)ncnc21. The van der Waals surface area contributed by atoms with Crippen LogP contribution in [0.3, 0.4) is 0 Å². The van der Waals surface area contributed by atoms with Gasteiger partial charge in [0.1, 0.15) is 26.1 Å². The number of alkyl carbamates (subject to hydrolysis) is 1. The Bertz CT molecular complexity index is 4350. The van der Waals surface area contributed by atoms with E-state index in [9.17, 15) is 24.0 Å². The maximum Gasteiger partial charge on any atom is 0.414 e. The minimum Gasteiger partial charge on any atom is -0.448 e. The molecule has 0 spiro atoms. The van der Waals surface area contributed by atoms with Gasteiger partial charge in [0.25, 0.3) is 5.56 Å². The third kappa shape index (κ3) is 11.9. The molecule has 10 aromatic rings. The van der Waals surface area contributed by atoms with E-state index >= 15 is 0 Å². The molecule has 448 valence electrons. The van der Waals surface area contributed by atoms with E-state index in [-0.39, 0.29) is 78.7 Å². The summed E-state index contributed by atoms with van der Waals surface area (Å²) >= 11 is 0. The predicted molar refractivity (Wildman–Crippen MR) is 340 cm³/mol. The molecule has 0 radical (unpaired) electrons. The summed E-state index contributed by atoms with van der Waals surface area (Å²) in [6.45, 7) is 12.7. The van der Waals surface area contributed by atoms with E-state index in [0.717, 1.165) is 22.3 Å². The number of H-pyrrole nitrogens is 1. The molecule has 1 atom stereocenters. The molecular weight excluding hydrogens is 1120 g/mol. The Morgan fingerprint density at radius 2 is 0.888 bits per heavy atom. The molecule has 19 nitrogen and oxygen atoms in total. The fourth-order valence-electron chi connectivity index (χ4n) is 12.1. The van der Waals surface area contributed by atoms with E-state index in [1.807, 2.05) is 125 Å². The minimum absolute atomic E-state index is 0.00597. The molecule has 4 aromatic heterocycles. The van der Waals surface area contributed by atoms with E-state index in [1.54, 1.807) is 23.3 Å². The van der Waals surface area contributed by atoms with Crippen LogP contribution in [0.1, 0.15) is 105 Å². The zero-order valence-electron chi connectivity index (χ0n) is 49.9. The molecule has 89 heavy (non-hydrogen) atoms. The second-order valence-electron chi connectivity index (χ2n) is 23.0. The number of fused-ring (bicyclic) bond motifs is 11. The highest BCUT2D eigenvalue weighted by Crippen LogP contribution is 2.47. The molecule has 0 saturated carbocycles. The van der Waals surface area contributed by atoms with Crippen molar-refractivity contribution in [2.45, 2.75) is 71.4 Å². The molecule has 4 N–H and O–H groups in total. The zero-order chi connectivity index (χ0) is 61.9. The topological polar surface area (TPSA) is 239 Å². The van der Waals surface area contributed by atoms with Gasteiger partial charge >= 0.3 is 18.3 Å². The molecule has 0 fully saturated rings. The second kappa shape index (κ2) is 25.3. The number of ether oxygens (including phenoxy) is 3. The third-order valence-electron chi connectivity index (χ3n) is 16.4. The van der Waals surface area contributed by atoms with Gasteiger partial charge < -0.3 is 23.3 Å². The number of ketones is 1. The second-order valence-corrected chi connectivity index (χ2v) is 23.0. The van der Waals surface area contributed by atoms with Crippen molar-refractivity contribution in [2.24, 2.45) is 11.8 Å². The van der Waals surface area contributed by atoms with Gasteiger partial charge in [-0.1, -0.05) is 166 Å². The first-order valence-electron chi connectivity index (χ1n) is 29.6. The van der Waals surface area contributed by atoms with Crippen molar-refractivity contribution >= 4 is 58.2 Å². The lowest BCUT2D eigenvalue weighted by Crippen LogP contribution is -2.28. The summed E-state index contributed by atoms with van der Waals surface area (Å²) in [4.78, 5) is 85.6. The summed E-state index contributed by atoms with van der Waals surface area (Å²) < 4.78 is 20.3. The first-order chi connectivity index (χ1) is 43.2. The Labute approximate surface area is 513 Å². The Kier molecular flexibility index (Phi) is 16.6. The van der Waals surface area contributed by atoms with Crippen molar-refractivity contribution in [3.63, 3.8) is 0 Å². The lowest BCUT2D eigenvalue weighted by molar-refractivity contribution is -0.118. The van der Waals surface area contributed by atoms with E-state index < -0.39 is 23.8 Å². The van der Waals surface area contributed by atoms with Gasteiger partial charge in [0.05, 0.1) is 12.7 Å². The molecule has 19 heteroatoms. The van der Waals surface area contributed by atoms with Crippen molar-refractivity contribution in [3.05, 3.63) is 232 Å². The van der Waals surface area contributed by atoms with Crippen LogP contribution in [0.5, 0.6) is 0 Å². The van der Waals surface area contributed by atoms with E-state index in [4.69, 9.17) is 14.2 Å². The fourth-order valence-corrected chi connectivity index (χ4v) is 12.1. The normalized spacial score (nSPS) is 14.4. The monoisotopic (exact) mass is 1190 g/mol. The Balaban J connectivity index is 0.000000130. The maximum atomic E-state index is 12.5. The molecule has 4 aliphatic rings. The molecule has 1 unspecified atom stereocenters. The van der Waals surface area contributed by atoms with Crippen molar-refractivity contribution in [1.82, 2.24) is 44.4 Å². The predicted octanol–water partition coefficient (Wildman–Crippen LogP) is 13.6. The van der Waals surface area contributed by atoms with Gasteiger partial charge in [-0.3, -0.25) is 30.5 Å². The molecule has 6 aromatic carbocycles. The molecule has 3 amide bonds. The summed E-state index contributed by atoms with van der Waals surface area (Å²) in [5.41, 5.74) is 15.9. The largest absolute Gasteiger partial charge is 0.448 e. The van der Waals surface area contributed by atoms with Crippen molar-refractivity contribution in [2.75, 3.05) is 30.5 Å². The highest BCUT2D eigenvalue weighted by Gasteiger charge is 2.33. The molecule has 0 bridgehead atoms. The van der Waals surface area contributed by atoms with Gasteiger partial charge in [-0.15, -0.1) is 0 Å². The number of nitrogens with zero attached hydrogens (tertiary/aromatic N) is 7. The van der Waals surface area contributed by atoms with Crippen LogP contribution in [0, 0.1) is 11.8 Å². The minimum atomic E-state index is -0.681. The summed E-state index contributed by atoms with van der Waals surface area (Å²) in [5, 5.41) is 7.93. The van der Waals surface area contributed by atoms with Crippen LogP contribution in [-0.4, -0.2) is 82.9 Å². The quantitative estimate of drug-likeness (QED) is 0.0834. The van der Waals surface area contributed by atoms with Crippen molar-refractivity contribution in [1.29, 1.82) is 0 Å². The van der Waals surface area contributed by atoms with Crippen LogP contribution in [0.25, 0.3) is 55.7 Å². The summed E-state index contributed by atoms with van der Waals surface area (Å²) in [6.07, 6.45) is 7.99. The summed E-state index contributed by atoms with van der Waals surface area (Å²) in [6, 6.07) is 49.4. The number of nitrogens with one attached hydrogen (secondary N) is 4. The average molecular weight is 1190 g/mol. The van der Waals surface area contributed by atoms with Gasteiger partial charge in [0.2, 0.25) is 5.95 Å². The summed E-state index contributed by atoms with van der Waals surface area (Å²) in [7, 11) is 0. The van der Waals surface area contributed by atoms with Crippen molar-refractivity contribution in [3.8, 4) is 33.4 Å². The standard InChI is InChI=1S/C24H23NO3.C23H21N5O3.C23H21N5O2/c1-15(2)17-12-11-16(13-23(17)26)25-24(27)28-14-22-20-9-5-3-7-18(20)19-8-4-6-10-21(19)22;1-13(2)28-12-24-19-20(28)25-22(26-21(19)29)27-23(30)31-11-18-16-9-5-3-7-14(16)15-8-4-6-10-17(15)18;1-14(2)28-13-26-20-21(24-12-25-22(20)28)27-23(29)30-11-19-17-9-5-3-7-15(17)16-8-4-6-10-18(16)19/h3-13,15,17,22H,14H2,1-2H3,(H,25,27);3-10,12-13,18H,11H2,1-2H3,(H2,25,26,27,29,30);3-10,12-14,19H,11H2,1-2H3,(H,24,25,27,29). The number of aromatic amines is 1. The highest BCUT2D eigenvalue weighted by atomic mass is 16.6. The van der Waals surface area contributed by atoms with Crippen molar-refractivity contribution < 1.29 is 33.4 Å². The lowest BCUT2D eigenvalue weighted by Gasteiger charge is -2.19. The van der Waals surface area contributed by atoms with Gasteiger partial charge in [-0.25, -0.2) is 34.3 Å². The molecule has 0 saturated heterocycles. The molecule has 4 aliphatic carbocycles.